The molecule has 0 aromatic heterocycles. The minimum atomic E-state index is -0.864. The van der Waals surface area contributed by atoms with Gasteiger partial charge in [-0.3, -0.25) is 9.59 Å². The monoisotopic (exact) mass is 367 g/mol. The van der Waals surface area contributed by atoms with Crippen molar-refractivity contribution in [3.8, 4) is 0 Å². The molecule has 0 spiro atoms. The lowest BCUT2D eigenvalue weighted by atomic mass is 9.97. The third kappa shape index (κ3) is 4.84. The highest BCUT2D eigenvalue weighted by molar-refractivity contribution is 6.00. The number of carboxylic acids is 1. The molecule has 2 aromatic carbocycles. The molecular formula is C20H21N3O4. The first-order chi connectivity index (χ1) is 13.0. The molecule has 7 heteroatoms. The van der Waals surface area contributed by atoms with Gasteiger partial charge in [0, 0.05) is 30.0 Å². The number of nitrogens with zero attached hydrogens (tertiary/aromatic N) is 1. The maximum atomic E-state index is 12.6. The van der Waals surface area contributed by atoms with Gasteiger partial charge in [0.15, 0.2) is 0 Å². The molecule has 3 N–H and O–H groups in total. The fourth-order valence-electron chi connectivity index (χ4n) is 3.06. The van der Waals surface area contributed by atoms with Gasteiger partial charge in [-0.2, -0.15) is 0 Å². The van der Waals surface area contributed by atoms with Crippen LogP contribution in [-0.2, 0) is 4.79 Å². The summed E-state index contributed by atoms with van der Waals surface area (Å²) in [6, 6.07) is 15.3. The van der Waals surface area contributed by atoms with E-state index in [0.717, 1.165) is 0 Å². The molecule has 1 fully saturated rings. The fourth-order valence-corrected chi connectivity index (χ4v) is 3.06. The molecule has 7 nitrogen and oxygen atoms in total. The largest absolute Gasteiger partial charge is 0.481 e. The summed E-state index contributed by atoms with van der Waals surface area (Å²) in [6.07, 6.45) is 1.28. The predicted octanol–water partition coefficient (Wildman–Crippen LogP) is 3.27. The molecule has 0 bridgehead atoms. The van der Waals surface area contributed by atoms with Crippen LogP contribution in [0.15, 0.2) is 54.6 Å². The highest BCUT2D eigenvalue weighted by Gasteiger charge is 2.28. The number of carbonyl (C=O) groups excluding carboxylic acids is 2. The maximum absolute atomic E-state index is 12.6. The van der Waals surface area contributed by atoms with Crippen molar-refractivity contribution < 1.29 is 19.5 Å². The van der Waals surface area contributed by atoms with Crippen LogP contribution >= 0.6 is 0 Å². The van der Waals surface area contributed by atoms with Gasteiger partial charge in [-0.15, -0.1) is 0 Å². The zero-order valence-corrected chi connectivity index (χ0v) is 14.7. The maximum Gasteiger partial charge on any atom is 0.323 e. The summed E-state index contributed by atoms with van der Waals surface area (Å²) in [5, 5.41) is 14.6. The minimum Gasteiger partial charge on any atom is -0.481 e. The number of hydrogen-bond acceptors (Lipinski definition) is 3. The summed E-state index contributed by atoms with van der Waals surface area (Å²) in [5.74, 6) is -1.57. The Bertz CT molecular complexity index is 821. The highest BCUT2D eigenvalue weighted by Crippen LogP contribution is 2.20. The van der Waals surface area contributed by atoms with Crippen molar-refractivity contribution in [3.05, 3.63) is 60.2 Å². The third-order valence-corrected chi connectivity index (χ3v) is 4.48. The first kappa shape index (κ1) is 18.4. The summed E-state index contributed by atoms with van der Waals surface area (Å²) in [6.45, 7) is 0.787. The number of likely N-dealkylation sites (tertiary alicyclic amines) is 1. The number of anilines is 2. The normalized spacial score (nSPS) is 16.4. The van der Waals surface area contributed by atoms with Gasteiger partial charge in [0.25, 0.3) is 5.91 Å². The topological polar surface area (TPSA) is 98.7 Å². The van der Waals surface area contributed by atoms with Gasteiger partial charge in [-0.25, -0.2) is 4.79 Å². The van der Waals surface area contributed by atoms with Crippen LogP contribution in [0.2, 0.25) is 0 Å². The molecule has 0 radical (unpaired) electrons. The van der Waals surface area contributed by atoms with Crippen molar-refractivity contribution in [3.63, 3.8) is 0 Å². The number of rotatable bonds is 4. The van der Waals surface area contributed by atoms with Crippen molar-refractivity contribution in [1.82, 2.24) is 4.90 Å². The van der Waals surface area contributed by atoms with E-state index < -0.39 is 11.9 Å². The number of carbonyl (C=O) groups is 3. The molecule has 3 amide bonds. The Hall–Kier alpha value is -3.35. The van der Waals surface area contributed by atoms with E-state index in [1.54, 1.807) is 41.3 Å². The standard InChI is InChI=1S/C20H21N3O4/c24-18(23-12-4-5-15(13-23)19(25)26)14-8-10-17(11-9-14)22-20(27)21-16-6-2-1-3-7-16/h1-3,6-11,15H,4-5,12-13H2,(H,25,26)(H2,21,22,27)/t15-/m0/s1. The molecule has 27 heavy (non-hydrogen) atoms. The second-order valence-electron chi connectivity index (χ2n) is 6.45. The predicted molar refractivity (Wildman–Crippen MR) is 102 cm³/mol. The van der Waals surface area contributed by atoms with Crippen LogP contribution in [0.1, 0.15) is 23.2 Å². The SMILES string of the molecule is O=C(Nc1ccccc1)Nc1ccc(C(=O)N2CCC[C@H](C(=O)O)C2)cc1. The van der Waals surface area contributed by atoms with E-state index in [4.69, 9.17) is 5.11 Å². The zero-order chi connectivity index (χ0) is 19.2. The van der Waals surface area contributed by atoms with Crippen molar-refractivity contribution in [2.75, 3.05) is 23.7 Å². The highest BCUT2D eigenvalue weighted by atomic mass is 16.4. The van der Waals surface area contributed by atoms with Crippen LogP contribution in [0.3, 0.4) is 0 Å². The second-order valence-corrected chi connectivity index (χ2v) is 6.45. The molecule has 0 unspecified atom stereocenters. The number of benzene rings is 2. The molecule has 3 rings (SSSR count). The number of piperidine rings is 1. The van der Waals surface area contributed by atoms with Gasteiger partial charge in [0.05, 0.1) is 5.92 Å². The first-order valence-corrected chi connectivity index (χ1v) is 8.78. The van der Waals surface area contributed by atoms with E-state index in [1.807, 2.05) is 18.2 Å². The summed E-state index contributed by atoms with van der Waals surface area (Å²) in [7, 11) is 0. The number of hydrogen-bond donors (Lipinski definition) is 3. The Morgan fingerprint density at radius 2 is 1.56 bits per heavy atom. The summed E-state index contributed by atoms with van der Waals surface area (Å²) < 4.78 is 0. The minimum absolute atomic E-state index is 0.193. The van der Waals surface area contributed by atoms with Crippen molar-refractivity contribution >= 4 is 29.3 Å². The third-order valence-electron chi connectivity index (χ3n) is 4.48. The van der Waals surface area contributed by atoms with Crippen LogP contribution in [0.4, 0.5) is 16.2 Å². The van der Waals surface area contributed by atoms with Crippen LogP contribution in [0.25, 0.3) is 0 Å². The molecule has 0 aliphatic carbocycles. The quantitative estimate of drug-likeness (QED) is 0.772. The number of amides is 3. The van der Waals surface area contributed by atoms with Crippen LogP contribution in [0.5, 0.6) is 0 Å². The van der Waals surface area contributed by atoms with E-state index in [0.29, 0.717) is 36.3 Å². The number of carboxylic acid groups (broad SMARTS) is 1. The first-order valence-electron chi connectivity index (χ1n) is 8.78. The number of nitrogens with one attached hydrogen (secondary N) is 2. The lowest BCUT2D eigenvalue weighted by molar-refractivity contribution is -0.143. The molecule has 0 saturated carbocycles. The zero-order valence-electron chi connectivity index (χ0n) is 14.7. The molecule has 140 valence electrons. The summed E-state index contributed by atoms with van der Waals surface area (Å²) in [5.41, 5.74) is 1.71. The number of para-hydroxylation sites is 1. The van der Waals surface area contributed by atoms with E-state index >= 15 is 0 Å². The van der Waals surface area contributed by atoms with Gasteiger partial charge < -0.3 is 20.6 Å². The lowest BCUT2D eigenvalue weighted by Gasteiger charge is -2.30. The molecule has 1 atom stereocenters. The molecular weight excluding hydrogens is 346 g/mol. The Labute approximate surface area is 157 Å². The van der Waals surface area contributed by atoms with Crippen LogP contribution < -0.4 is 10.6 Å². The smallest absolute Gasteiger partial charge is 0.323 e. The molecule has 1 heterocycles. The van der Waals surface area contributed by atoms with Gasteiger partial charge in [-0.1, -0.05) is 18.2 Å². The van der Waals surface area contributed by atoms with E-state index in [1.165, 1.54) is 0 Å². The van der Waals surface area contributed by atoms with Gasteiger partial charge in [0.1, 0.15) is 0 Å². The van der Waals surface area contributed by atoms with Gasteiger partial charge in [-0.05, 0) is 49.2 Å². The number of aliphatic carboxylic acids is 1. The Kier molecular flexibility index (Phi) is 5.71. The van der Waals surface area contributed by atoms with Crippen LogP contribution in [-0.4, -0.2) is 41.0 Å². The average Bonchev–Trinajstić information content (AvgIpc) is 2.69. The molecule has 1 aliphatic heterocycles. The fraction of sp³-hybridized carbons (Fsp3) is 0.250. The summed E-state index contributed by atoms with van der Waals surface area (Å²) in [4.78, 5) is 37.3. The van der Waals surface area contributed by atoms with Crippen molar-refractivity contribution in [2.24, 2.45) is 5.92 Å². The lowest BCUT2D eigenvalue weighted by Crippen LogP contribution is -2.42. The Balaban J connectivity index is 1.58. The average molecular weight is 367 g/mol. The number of urea groups is 1. The van der Waals surface area contributed by atoms with Crippen molar-refractivity contribution in [1.29, 1.82) is 0 Å². The van der Waals surface area contributed by atoms with Crippen molar-refractivity contribution in [2.45, 2.75) is 12.8 Å². The van der Waals surface area contributed by atoms with Gasteiger partial charge in [0.2, 0.25) is 0 Å². The van der Waals surface area contributed by atoms with Gasteiger partial charge >= 0.3 is 12.0 Å². The van der Waals surface area contributed by atoms with Crippen LogP contribution in [0, 0.1) is 5.92 Å². The Morgan fingerprint density at radius 3 is 2.19 bits per heavy atom. The second kappa shape index (κ2) is 8.35. The Morgan fingerprint density at radius 1 is 0.926 bits per heavy atom. The molecule has 1 aliphatic rings. The van der Waals surface area contributed by atoms with E-state index in [9.17, 15) is 14.4 Å². The van der Waals surface area contributed by atoms with E-state index in [2.05, 4.69) is 10.6 Å². The molecule has 2 aromatic rings. The summed E-state index contributed by atoms with van der Waals surface area (Å²) >= 11 is 0. The molecule has 1 saturated heterocycles. The van der Waals surface area contributed by atoms with E-state index in [-0.39, 0.29) is 18.5 Å².